The Morgan fingerprint density at radius 3 is 2.59 bits per heavy atom. The van der Waals surface area contributed by atoms with Gasteiger partial charge in [0.15, 0.2) is 0 Å². The summed E-state index contributed by atoms with van der Waals surface area (Å²) >= 11 is 3.34. The lowest BCUT2D eigenvalue weighted by Crippen LogP contribution is -2.51. The van der Waals surface area contributed by atoms with Gasteiger partial charge in [-0.3, -0.25) is 10.0 Å². The highest BCUT2D eigenvalue weighted by Gasteiger charge is 2.38. The van der Waals surface area contributed by atoms with Crippen molar-refractivity contribution >= 4 is 45.3 Å². The molecule has 0 saturated heterocycles. The smallest absolute Gasteiger partial charge is 0.262 e. The van der Waals surface area contributed by atoms with Gasteiger partial charge >= 0.3 is 0 Å². The Balaban J connectivity index is 2.01. The Morgan fingerprint density at radius 2 is 1.97 bits per heavy atom. The van der Waals surface area contributed by atoms with E-state index < -0.39 is 22.0 Å². The predicted octanol–water partition coefficient (Wildman–Crippen LogP) is 4.34. The van der Waals surface area contributed by atoms with Crippen LogP contribution < -0.4 is 9.79 Å². The molecule has 0 saturated carbocycles. The third kappa shape index (κ3) is 5.43. The molecule has 7 nitrogen and oxygen atoms in total. The Labute approximate surface area is 198 Å². The van der Waals surface area contributed by atoms with Crippen LogP contribution >= 0.6 is 23.7 Å². The highest BCUT2D eigenvalue weighted by atomic mass is 32.2. The summed E-state index contributed by atoms with van der Waals surface area (Å²) in [7, 11) is -4.03. The van der Waals surface area contributed by atoms with Crippen LogP contribution in [0.5, 0.6) is 0 Å². The second-order valence-corrected chi connectivity index (χ2v) is 11.8. The number of hydroxylamine groups is 1. The van der Waals surface area contributed by atoms with Crippen molar-refractivity contribution in [2.75, 3.05) is 15.9 Å². The minimum absolute atomic E-state index is 0.0160. The van der Waals surface area contributed by atoms with E-state index in [1.54, 1.807) is 55.2 Å². The lowest BCUT2D eigenvalue weighted by molar-refractivity contribution is -0.134. The molecule has 0 aromatic heterocycles. The summed E-state index contributed by atoms with van der Waals surface area (Å²) in [6.07, 6.45) is 1.06. The van der Waals surface area contributed by atoms with Gasteiger partial charge in [-0.05, 0) is 48.0 Å². The molecule has 1 amide bonds. The molecule has 0 fully saturated rings. The second-order valence-electron chi connectivity index (χ2n) is 7.82. The molecule has 2 aromatic rings. The Hall–Kier alpha value is -1.72. The van der Waals surface area contributed by atoms with E-state index in [2.05, 4.69) is 11.2 Å². The summed E-state index contributed by atoms with van der Waals surface area (Å²) < 4.78 is 30.9. The third-order valence-corrected chi connectivity index (χ3v) is 9.34. The predicted molar refractivity (Wildman–Crippen MR) is 130 cm³/mol. The van der Waals surface area contributed by atoms with Crippen LogP contribution in [0.2, 0.25) is 0 Å². The number of benzene rings is 2. The van der Waals surface area contributed by atoms with Crippen molar-refractivity contribution in [1.82, 2.24) is 9.79 Å². The fourth-order valence-electron chi connectivity index (χ4n) is 3.55. The number of thioether (sulfide) groups is 1. The number of fused-ring (bicyclic) bond motifs is 1. The van der Waals surface area contributed by atoms with E-state index in [4.69, 9.17) is 0 Å². The number of sulfonamides is 1. The molecule has 32 heavy (non-hydrogen) atoms. The van der Waals surface area contributed by atoms with Crippen molar-refractivity contribution in [1.29, 1.82) is 0 Å². The number of hydrogen-bond acceptors (Lipinski definition) is 7. The molecule has 1 aliphatic rings. The molecule has 1 heterocycles. The number of anilines is 1. The van der Waals surface area contributed by atoms with Crippen LogP contribution in [0.25, 0.3) is 0 Å². The summed E-state index contributed by atoms with van der Waals surface area (Å²) in [4.78, 5) is 13.6. The molecule has 0 aliphatic carbocycles. The number of carbonyl (C=O) groups excluding carboxylic acids is 1. The van der Waals surface area contributed by atoms with Crippen molar-refractivity contribution < 1.29 is 18.4 Å². The van der Waals surface area contributed by atoms with Crippen molar-refractivity contribution in [2.45, 2.75) is 49.6 Å². The van der Waals surface area contributed by atoms with Crippen molar-refractivity contribution in [2.24, 2.45) is 5.92 Å². The topological polar surface area (TPSA) is 90.0 Å². The van der Waals surface area contributed by atoms with Crippen molar-refractivity contribution in [3.63, 3.8) is 0 Å². The maximum absolute atomic E-state index is 13.8. The molecular formula is C22H29N3O4S3. The van der Waals surface area contributed by atoms with Crippen molar-refractivity contribution in [3.05, 3.63) is 54.1 Å². The van der Waals surface area contributed by atoms with Gasteiger partial charge in [-0.15, -0.1) is 11.8 Å². The molecule has 0 bridgehead atoms. The molecule has 0 unspecified atom stereocenters. The van der Waals surface area contributed by atoms with E-state index in [-0.39, 0.29) is 17.4 Å². The zero-order chi connectivity index (χ0) is 23.3. The molecule has 0 spiro atoms. The van der Waals surface area contributed by atoms with Gasteiger partial charge in [0.1, 0.15) is 6.04 Å². The first kappa shape index (κ1) is 24.9. The fraction of sp³-hybridized carbons (Fsp3) is 0.409. The summed E-state index contributed by atoms with van der Waals surface area (Å²) in [5.41, 5.74) is 3.41. The Morgan fingerprint density at radius 1 is 1.25 bits per heavy atom. The van der Waals surface area contributed by atoms with Crippen LogP contribution in [-0.2, 0) is 21.4 Å². The quantitative estimate of drug-likeness (QED) is 0.288. The zero-order valence-electron chi connectivity index (χ0n) is 18.4. The minimum atomic E-state index is -4.03. The molecule has 0 radical (unpaired) electrons. The van der Waals surface area contributed by atoms with E-state index in [0.29, 0.717) is 0 Å². The first-order chi connectivity index (χ1) is 15.3. The SMILES string of the molecule is CCCSN1CSc2cc(S(=O)(=O)N(Cc3ccccc3)[C@@H](C(=O)NO)C(C)C)ccc21. The molecular weight excluding hydrogens is 466 g/mol. The molecule has 1 atom stereocenters. The minimum Gasteiger partial charge on any atom is -0.305 e. The zero-order valence-corrected chi connectivity index (χ0v) is 20.8. The van der Waals surface area contributed by atoms with Crippen molar-refractivity contribution in [3.8, 4) is 0 Å². The lowest BCUT2D eigenvalue weighted by Gasteiger charge is -2.32. The maximum Gasteiger partial charge on any atom is 0.262 e. The standard InChI is InChI=1S/C22H29N3O4S3/c1-4-12-31-24-15-30-20-13-18(10-11-19(20)24)32(28,29)25(14-17-8-6-5-7-9-17)21(16(2)3)22(26)23-27/h5-11,13,16,21,27H,4,12,14-15H2,1-3H3,(H,23,26)/t21-/m1/s1. The van der Waals surface area contributed by atoms with Crippen LogP contribution in [0.4, 0.5) is 5.69 Å². The van der Waals surface area contributed by atoms with Crippen LogP contribution in [-0.4, -0.2) is 41.5 Å². The molecule has 2 aromatic carbocycles. The Kier molecular flexibility index (Phi) is 8.51. The highest BCUT2D eigenvalue weighted by Crippen LogP contribution is 2.43. The molecule has 3 rings (SSSR count). The summed E-state index contributed by atoms with van der Waals surface area (Å²) in [5, 5.41) is 9.30. The molecule has 1 aliphatic heterocycles. The van der Waals surface area contributed by atoms with Gasteiger partial charge in [-0.1, -0.05) is 51.1 Å². The average Bonchev–Trinajstić information content (AvgIpc) is 3.19. The number of amides is 1. The van der Waals surface area contributed by atoms with Crippen LogP contribution in [0.3, 0.4) is 0 Å². The van der Waals surface area contributed by atoms with Gasteiger partial charge in [0.2, 0.25) is 10.0 Å². The van der Waals surface area contributed by atoms with Gasteiger partial charge in [0, 0.05) is 17.2 Å². The largest absolute Gasteiger partial charge is 0.305 e. The number of nitrogens with zero attached hydrogens (tertiary/aromatic N) is 2. The maximum atomic E-state index is 13.8. The number of hydrogen-bond donors (Lipinski definition) is 2. The van der Waals surface area contributed by atoms with Gasteiger partial charge < -0.3 is 4.31 Å². The van der Waals surface area contributed by atoms with E-state index in [1.165, 1.54) is 4.31 Å². The third-order valence-electron chi connectivity index (χ3n) is 5.10. The number of nitrogens with one attached hydrogen (secondary N) is 1. The molecule has 174 valence electrons. The van der Waals surface area contributed by atoms with E-state index >= 15 is 0 Å². The molecule has 10 heteroatoms. The lowest BCUT2D eigenvalue weighted by atomic mass is 10.0. The normalized spacial score (nSPS) is 14.6. The number of rotatable bonds is 10. The Bertz CT molecular complexity index is 1030. The van der Waals surface area contributed by atoms with Crippen LogP contribution in [0.1, 0.15) is 32.8 Å². The van der Waals surface area contributed by atoms with Gasteiger partial charge in [0.25, 0.3) is 5.91 Å². The second kappa shape index (κ2) is 10.9. The van der Waals surface area contributed by atoms with Crippen LogP contribution in [0.15, 0.2) is 58.3 Å². The summed E-state index contributed by atoms with van der Waals surface area (Å²) in [5.74, 6) is 0.651. The van der Waals surface area contributed by atoms with Gasteiger partial charge in [0.05, 0.1) is 16.5 Å². The fourth-order valence-corrected chi connectivity index (χ4v) is 7.50. The van der Waals surface area contributed by atoms with Crippen LogP contribution in [0, 0.1) is 5.92 Å². The van der Waals surface area contributed by atoms with Gasteiger partial charge in [-0.2, -0.15) is 4.31 Å². The highest BCUT2D eigenvalue weighted by molar-refractivity contribution is 8.04. The summed E-state index contributed by atoms with van der Waals surface area (Å²) in [6, 6.07) is 13.2. The van der Waals surface area contributed by atoms with E-state index in [9.17, 15) is 18.4 Å². The van der Waals surface area contributed by atoms with Gasteiger partial charge in [-0.25, -0.2) is 13.9 Å². The summed E-state index contributed by atoms with van der Waals surface area (Å²) in [6.45, 7) is 5.66. The average molecular weight is 496 g/mol. The first-order valence-corrected chi connectivity index (χ1v) is 13.8. The monoisotopic (exact) mass is 495 g/mol. The van der Waals surface area contributed by atoms with E-state index in [0.717, 1.165) is 34.2 Å². The molecule has 2 N–H and O–H groups in total. The first-order valence-electron chi connectivity index (χ1n) is 10.5. The number of carbonyl (C=O) groups is 1. The van der Waals surface area contributed by atoms with E-state index in [1.807, 2.05) is 36.4 Å².